The number of aryl methyl sites for hydroxylation is 1. The molecule has 106 valence electrons. The van der Waals surface area contributed by atoms with Crippen LogP contribution in [0.5, 0.6) is 0 Å². The van der Waals surface area contributed by atoms with Crippen molar-refractivity contribution in [3.63, 3.8) is 0 Å². The first kappa shape index (κ1) is 14.3. The van der Waals surface area contributed by atoms with Gasteiger partial charge in [0.25, 0.3) is 0 Å². The summed E-state index contributed by atoms with van der Waals surface area (Å²) in [6.45, 7) is 7.17. The highest BCUT2D eigenvalue weighted by molar-refractivity contribution is 5.58. The molecule has 0 atom stereocenters. The highest BCUT2D eigenvalue weighted by Crippen LogP contribution is 2.28. The Morgan fingerprint density at radius 1 is 1.15 bits per heavy atom. The number of hydrogen-bond acceptors (Lipinski definition) is 4. The number of benzene rings is 1. The number of rotatable bonds is 5. The molecular formula is C16H22N4. The first-order chi connectivity index (χ1) is 9.61. The maximum atomic E-state index is 4.38. The molecule has 20 heavy (non-hydrogen) atoms. The van der Waals surface area contributed by atoms with Gasteiger partial charge in [-0.05, 0) is 18.4 Å². The third kappa shape index (κ3) is 3.26. The van der Waals surface area contributed by atoms with E-state index >= 15 is 0 Å². The highest BCUT2D eigenvalue weighted by atomic mass is 15.1. The predicted octanol–water partition coefficient (Wildman–Crippen LogP) is 3.56. The van der Waals surface area contributed by atoms with Gasteiger partial charge in [-0.25, -0.2) is 9.97 Å². The van der Waals surface area contributed by atoms with Crippen molar-refractivity contribution in [2.45, 2.75) is 33.2 Å². The van der Waals surface area contributed by atoms with Crippen LogP contribution in [0.1, 0.15) is 36.5 Å². The molecule has 2 aromatic rings. The van der Waals surface area contributed by atoms with Crippen molar-refractivity contribution in [2.75, 3.05) is 17.7 Å². The van der Waals surface area contributed by atoms with Gasteiger partial charge in [0.15, 0.2) is 0 Å². The SMILES string of the molecule is CNc1ncnc(NCc2cccc(C)c2)c1C(C)C. The summed E-state index contributed by atoms with van der Waals surface area (Å²) in [7, 11) is 1.89. The minimum atomic E-state index is 0.360. The molecule has 0 unspecified atom stereocenters. The molecule has 2 N–H and O–H groups in total. The molecule has 0 aliphatic rings. The summed E-state index contributed by atoms with van der Waals surface area (Å²) >= 11 is 0. The summed E-state index contributed by atoms with van der Waals surface area (Å²) in [6.07, 6.45) is 1.59. The van der Waals surface area contributed by atoms with Crippen LogP contribution < -0.4 is 10.6 Å². The molecule has 1 heterocycles. The minimum absolute atomic E-state index is 0.360. The van der Waals surface area contributed by atoms with Crippen molar-refractivity contribution < 1.29 is 0 Å². The molecule has 0 bridgehead atoms. The van der Waals surface area contributed by atoms with E-state index in [9.17, 15) is 0 Å². The molecule has 1 aromatic carbocycles. The average Bonchev–Trinajstić information content (AvgIpc) is 2.44. The van der Waals surface area contributed by atoms with E-state index in [0.29, 0.717) is 5.92 Å². The van der Waals surface area contributed by atoms with Crippen LogP contribution in [0.2, 0.25) is 0 Å². The third-order valence-corrected chi connectivity index (χ3v) is 3.24. The summed E-state index contributed by atoms with van der Waals surface area (Å²) in [5.41, 5.74) is 3.65. The summed E-state index contributed by atoms with van der Waals surface area (Å²) in [5, 5.41) is 6.56. The lowest BCUT2D eigenvalue weighted by atomic mass is 10.0. The quantitative estimate of drug-likeness (QED) is 0.872. The van der Waals surface area contributed by atoms with Crippen LogP contribution in [-0.2, 0) is 6.54 Å². The van der Waals surface area contributed by atoms with E-state index in [4.69, 9.17) is 0 Å². The van der Waals surface area contributed by atoms with E-state index in [2.05, 4.69) is 65.6 Å². The van der Waals surface area contributed by atoms with Crippen molar-refractivity contribution in [1.82, 2.24) is 9.97 Å². The smallest absolute Gasteiger partial charge is 0.135 e. The zero-order chi connectivity index (χ0) is 14.5. The van der Waals surface area contributed by atoms with Gasteiger partial charge in [0, 0.05) is 19.2 Å². The summed E-state index contributed by atoms with van der Waals surface area (Å²) in [5.74, 6) is 2.15. The van der Waals surface area contributed by atoms with Crippen LogP contribution in [-0.4, -0.2) is 17.0 Å². The van der Waals surface area contributed by atoms with E-state index in [1.54, 1.807) is 6.33 Å². The van der Waals surface area contributed by atoms with Gasteiger partial charge in [-0.2, -0.15) is 0 Å². The van der Waals surface area contributed by atoms with Crippen molar-refractivity contribution in [2.24, 2.45) is 0 Å². The van der Waals surface area contributed by atoms with Gasteiger partial charge in [-0.1, -0.05) is 43.7 Å². The number of nitrogens with zero attached hydrogens (tertiary/aromatic N) is 2. The van der Waals surface area contributed by atoms with Crippen LogP contribution in [0.15, 0.2) is 30.6 Å². The Bertz CT molecular complexity index is 578. The molecule has 0 radical (unpaired) electrons. The zero-order valence-corrected chi connectivity index (χ0v) is 12.6. The molecular weight excluding hydrogens is 248 g/mol. The molecule has 0 saturated heterocycles. The number of hydrogen-bond donors (Lipinski definition) is 2. The Morgan fingerprint density at radius 3 is 2.55 bits per heavy atom. The van der Waals surface area contributed by atoms with E-state index in [-0.39, 0.29) is 0 Å². The van der Waals surface area contributed by atoms with Crippen LogP contribution in [0.25, 0.3) is 0 Å². The second-order valence-electron chi connectivity index (χ2n) is 5.23. The number of anilines is 2. The molecule has 4 heteroatoms. The van der Waals surface area contributed by atoms with Gasteiger partial charge in [-0.3, -0.25) is 0 Å². The Labute approximate surface area is 120 Å². The molecule has 0 fully saturated rings. The van der Waals surface area contributed by atoms with Gasteiger partial charge in [-0.15, -0.1) is 0 Å². The van der Waals surface area contributed by atoms with Crippen LogP contribution in [0.3, 0.4) is 0 Å². The number of nitrogens with one attached hydrogen (secondary N) is 2. The average molecular weight is 270 g/mol. The fraction of sp³-hybridized carbons (Fsp3) is 0.375. The monoisotopic (exact) mass is 270 g/mol. The van der Waals surface area contributed by atoms with E-state index in [1.807, 2.05) is 7.05 Å². The van der Waals surface area contributed by atoms with Crippen molar-refractivity contribution in [3.05, 3.63) is 47.3 Å². The summed E-state index contributed by atoms with van der Waals surface area (Å²) in [4.78, 5) is 8.67. The fourth-order valence-corrected chi connectivity index (χ4v) is 2.29. The molecule has 0 aliphatic carbocycles. The first-order valence-electron chi connectivity index (χ1n) is 6.94. The van der Waals surface area contributed by atoms with Crippen LogP contribution in [0.4, 0.5) is 11.6 Å². The Hall–Kier alpha value is -2.10. The summed E-state index contributed by atoms with van der Waals surface area (Å²) < 4.78 is 0. The Kier molecular flexibility index (Phi) is 4.56. The second-order valence-corrected chi connectivity index (χ2v) is 5.23. The topological polar surface area (TPSA) is 49.8 Å². The van der Waals surface area contributed by atoms with Crippen molar-refractivity contribution >= 4 is 11.6 Å². The van der Waals surface area contributed by atoms with E-state index < -0.39 is 0 Å². The maximum absolute atomic E-state index is 4.38. The molecule has 0 aliphatic heterocycles. The van der Waals surface area contributed by atoms with Gasteiger partial charge in [0.2, 0.25) is 0 Å². The second kappa shape index (κ2) is 6.37. The lowest BCUT2D eigenvalue weighted by molar-refractivity contribution is 0.846. The fourth-order valence-electron chi connectivity index (χ4n) is 2.29. The lowest BCUT2D eigenvalue weighted by Gasteiger charge is -2.16. The molecule has 0 amide bonds. The molecule has 2 rings (SSSR count). The zero-order valence-electron chi connectivity index (χ0n) is 12.6. The predicted molar refractivity (Wildman–Crippen MR) is 84.2 cm³/mol. The maximum Gasteiger partial charge on any atom is 0.135 e. The normalized spacial score (nSPS) is 10.7. The van der Waals surface area contributed by atoms with E-state index in [0.717, 1.165) is 23.7 Å². The lowest BCUT2D eigenvalue weighted by Crippen LogP contribution is -2.09. The van der Waals surface area contributed by atoms with Gasteiger partial charge in [0.1, 0.15) is 18.0 Å². The molecule has 0 saturated carbocycles. The molecule has 1 aromatic heterocycles. The van der Waals surface area contributed by atoms with E-state index in [1.165, 1.54) is 11.1 Å². The number of aromatic nitrogens is 2. The Balaban J connectivity index is 2.21. The van der Waals surface area contributed by atoms with Gasteiger partial charge in [0.05, 0.1) is 0 Å². The molecule has 0 spiro atoms. The van der Waals surface area contributed by atoms with Crippen LogP contribution in [0, 0.1) is 6.92 Å². The molecule has 4 nitrogen and oxygen atoms in total. The van der Waals surface area contributed by atoms with Crippen LogP contribution >= 0.6 is 0 Å². The Morgan fingerprint density at radius 2 is 1.90 bits per heavy atom. The minimum Gasteiger partial charge on any atom is -0.373 e. The first-order valence-corrected chi connectivity index (χ1v) is 6.94. The third-order valence-electron chi connectivity index (χ3n) is 3.24. The standard InChI is InChI=1S/C16H22N4/c1-11(2)14-15(17-4)19-10-20-16(14)18-9-13-7-5-6-12(3)8-13/h5-8,10-11H,9H2,1-4H3,(H2,17,18,19,20). The largest absolute Gasteiger partial charge is 0.373 e. The van der Waals surface area contributed by atoms with Crippen molar-refractivity contribution in [3.8, 4) is 0 Å². The van der Waals surface area contributed by atoms with Gasteiger partial charge >= 0.3 is 0 Å². The highest BCUT2D eigenvalue weighted by Gasteiger charge is 2.13. The van der Waals surface area contributed by atoms with Crippen molar-refractivity contribution in [1.29, 1.82) is 0 Å². The van der Waals surface area contributed by atoms with Gasteiger partial charge < -0.3 is 10.6 Å². The summed E-state index contributed by atoms with van der Waals surface area (Å²) in [6, 6.07) is 8.49.